The predicted molar refractivity (Wildman–Crippen MR) is 143 cm³/mol. The highest BCUT2D eigenvalue weighted by atomic mass is 16.4. The number of urea groups is 1. The summed E-state index contributed by atoms with van der Waals surface area (Å²) in [6, 6.07) is 13.1. The fourth-order valence-corrected chi connectivity index (χ4v) is 5.58. The van der Waals surface area contributed by atoms with Crippen molar-refractivity contribution in [1.29, 1.82) is 0 Å². The average molecular weight is 513 g/mol. The highest BCUT2D eigenvalue weighted by Crippen LogP contribution is 2.27. The molecule has 2 amide bonds. The van der Waals surface area contributed by atoms with Crippen LogP contribution in [0.3, 0.4) is 0 Å². The van der Waals surface area contributed by atoms with Crippen molar-refractivity contribution in [3.8, 4) is 0 Å². The van der Waals surface area contributed by atoms with Gasteiger partial charge in [0.25, 0.3) is 0 Å². The molecule has 2 aliphatic heterocycles. The van der Waals surface area contributed by atoms with E-state index >= 15 is 0 Å². The van der Waals surface area contributed by atoms with Crippen molar-refractivity contribution in [2.45, 2.75) is 32.2 Å². The minimum atomic E-state index is -0.470. The van der Waals surface area contributed by atoms with Crippen LogP contribution < -0.4 is 16.0 Å². The maximum Gasteiger partial charge on any atom is 0.419 e. The fraction of sp³-hybridized carbons (Fsp3) is 0.321. The molecular weight excluding hydrogens is 484 g/mol. The largest absolute Gasteiger partial charge is 0.419 e. The molecule has 1 N–H and O–H groups in total. The molecule has 4 heterocycles. The standard InChI is InChI=1S/C28H28N6O4/c1-17-13-19(14-23-25(17)32(2)28(37)38-23)26(35)22-15-24(30-16-29-22)33-10-8-20(9-11-33)34-12-7-18-5-3-4-6-21(18)31-27(34)36/h3-6,13-16,20H,7-12H2,1-2H3,(H,31,36). The molecule has 2 aliphatic rings. The number of hydrogen-bond donors (Lipinski definition) is 1. The zero-order chi connectivity index (χ0) is 26.4. The lowest BCUT2D eigenvalue weighted by Gasteiger charge is -2.38. The Morgan fingerprint density at radius 1 is 1.05 bits per heavy atom. The van der Waals surface area contributed by atoms with E-state index in [2.05, 4.69) is 26.3 Å². The van der Waals surface area contributed by atoms with E-state index in [9.17, 15) is 14.4 Å². The number of aromatic nitrogens is 3. The lowest BCUT2D eigenvalue weighted by Crippen LogP contribution is -2.49. The Kier molecular flexibility index (Phi) is 5.94. The van der Waals surface area contributed by atoms with Gasteiger partial charge in [0.15, 0.2) is 5.58 Å². The number of amides is 2. The Labute approximate surface area is 218 Å². The molecule has 0 saturated carbocycles. The molecule has 2 aromatic carbocycles. The van der Waals surface area contributed by atoms with E-state index in [1.54, 1.807) is 25.2 Å². The minimum absolute atomic E-state index is 0.0511. The number of oxazole rings is 1. The first-order valence-electron chi connectivity index (χ1n) is 12.8. The van der Waals surface area contributed by atoms with Gasteiger partial charge >= 0.3 is 11.8 Å². The molecule has 10 nitrogen and oxygen atoms in total. The molecule has 0 unspecified atom stereocenters. The first-order chi connectivity index (χ1) is 18.4. The van der Waals surface area contributed by atoms with Crippen LogP contribution in [0.25, 0.3) is 11.1 Å². The molecule has 0 radical (unpaired) electrons. The summed E-state index contributed by atoms with van der Waals surface area (Å²) in [5, 5.41) is 3.06. The van der Waals surface area contributed by atoms with E-state index in [4.69, 9.17) is 4.42 Å². The number of piperidine rings is 1. The molecule has 0 atom stereocenters. The molecule has 1 fully saturated rings. The summed E-state index contributed by atoms with van der Waals surface area (Å²) in [7, 11) is 1.64. The van der Waals surface area contributed by atoms with Crippen LogP contribution in [0.1, 0.15) is 40.0 Å². The third-order valence-electron chi connectivity index (χ3n) is 7.59. The molecule has 0 spiro atoms. The van der Waals surface area contributed by atoms with Gasteiger partial charge in [0, 0.05) is 50.0 Å². The summed E-state index contributed by atoms with van der Waals surface area (Å²) in [4.78, 5) is 50.9. The summed E-state index contributed by atoms with van der Waals surface area (Å²) in [6.07, 6.45) is 3.84. The molecule has 194 valence electrons. The van der Waals surface area contributed by atoms with Crippen molar-refractivity contribution in [2.75, 3.05) is 29.9 Å². The summed E-state index contributed by atoms with van der Waals surface area (Å²) in [6.45, 7) is 3.95. The molecule has 1 saturated heterocycles. The lowest BCUT2D eigenvalue weighted by atomic mass is 10.0. The number of para-hydroxylation sites is 1. The van der Waals surface area contributed by atoms with E-state index in [1.165, 1.54) is 10.9 Å². The Morgan fingerprint density at radius 2 is 1.84 bits per heavy atom. The normalized spacial score (nSPS) is 16.3. The number of nitrogens with one attached hydrogen (secondary N) is 1. The number of nitrogens with zero attached hydrogens (tertiary/aromatic N) is 5. The number of ketones is 1. The molecule has 0 aliphatic carbocycles. The van der Waals surface area contributed by atoms with Crippen LogP contribution in [0.15, 0.2) is 58.0 Å². The van der Waals surface area contributed by atoms with Crippen LogP contribution in [0.5, 0.6) is 0 Å². The van der Waals surface area contributed by atoms with Gasteiger partial charge in [0.2, 0.25) is 5.78 Å². The zero-order valence-electron chi connectivity index (χ0n) is 21.3. The SMILES string of the molecule is Cc1cc(C(=O)c2cc(N3CCC(N4CCc5ccccc5NC4=O)CC3)ncn2)cc2oc(=O)n(C)c12. The lowest BCUT2D eigenvalue weighted by molar-refractivity contribution is 0.103. The van der Waals surface area contributed by atoms with Crippen LogP contribution in [-0.2, 0) is 13.5 Å². The van der Waals surface area contributed by atoms with Crippen molar-refractivity contribution in [3.63, 3.8) is 0 Å². The quantitative estimate of drug-likeness (QED) is 0.416. The van der Waals surface area contributed by atoms with Crippen LogP contribution in [0.4, 0.5) is 16.3 Å². The van der Waals surface area contributed by atoms with Gasteiger partial charge in [0.05, 0.1) is 5.52 Å². The number of carbonyl (C=O) groups excluding carboxylic acids is 2. The summed E-state index contributed by atoms with van der Waals surface area (Å²) in [5.41, 5.74) is 4.54. The van der Waals surface area contributed by atoms with Crippen molar-refractivity contribution in [3.05, 3.63) is 81.7 Å². The van der Waals surface area contributed by atoms with Crippen LogP contribution >= 0.6 is 0 Å². The second-order valence-electron chi connectivity index (χ2n) is 9.91. The molecular formula is C28H28N6O4. The number of fused-ring (bicyclic) bond motifs is 2. The number of hydrogen-bond acceptors (Lipinski definition) is 7. The number of aryl methyl sites for hydroxylation is 2. The van der Waals surface area contributed by atoms with E-state index in [1.807, 2.05) is 30.0 Å². The first-order valence-corrected chi connectivity index (χ1v) is 12.8. The Morgan fingerprint density at radius 3 is 2.66 bits per heavy atom. The van der Waals surface area contributed by atoms with Crippen LogP contribution in [-0.4, -0.2) is 56.9 Å². The van der Waals surface area contributed by atoms with Crippen LogP contribution in [0, 0.1) is 6.92 Å². The predicted octanol–water partition coefficient (Wildman–Crippen LogP) is 3.52. The van der Waals surface area contributed by atoms with Gasteiger partial charge in [-0.2, -0.15) is 0 Å². The molecule has 0 bridgehead atoms. The number of rotatable bonds is 4. The van der Waals surface area contributed by atoms with Gasteiger partial charge in [-0.25, -0.2) is 19.6 Å². The van der Waals surface area contributed by atoms with Crippen molar-refractivity contribution >= 4 is 34.4 Å². The second kappa shape index (κ2) is 9.44. The van der Waals surface area contributed by atoms with E-state index in [0.29, 0.717) is 42.1 Å². The molecule has 10 heteroatoms. The summed E-state index contributed by atoms with van der Waals surface area (Å²) < 4.78 is 6.73. The highest BCUT2D eigenvalue weighted by molar-refractivity contribution is 6.09. The van der Waals surface area contributed by atoms with Gasteiger partial charge in [-0.05, 0) is 55.5 Å². The number of anilines is 2. The molecule has 4 aromatic rings. The second-order valence-corrected chi connectivity index (χ2v) is 9.91. The van der Waals surface area contributed by atoms with Gasteiger partial charge in [0.1, 0.15) is 17.8 Å². The topological polar surface area (TPSA) is 114 Å². The number of benzene rings is 2. The van der Waals surface area contributed by atoms with Crippen molar-refractivity contribution in [2.24, 2.45) is 7.05 Å². The summed E-state index contributed by atoms with van der Waals surface area (Å²) >= 11 is 0. The van der Waals surface area contributed by atoms with Crippen molar-refractivity contribution < 1.29 is 14.0 Å². The zero-order valence-corrected chi connectivity index (χ0v) is 21.3. The summed E-state index contributed by atoms with van der Waals surface area (Å²) in [5.74, 6) is -0.0537. The maximum absolute atomic E-state index is 13.3. The molecule has 2 aromatic heterocycles. The fourth-order valence-electron chi connectivity index (χ4n) is 5.58. The highest BCUT2D eigenvalue weighted by Gasteiger charge is 2.30. The van der Waals surface area contributed by atoms with Gasteiger partial charge < -0.3 is 19.5 Å². The maximum atomic E-state index is 13.3. The van der Waals surface area contributed by atoms with Gasteiger partial charge in [-0.3, -0.25) is 9.36 Å². The van der Waals surface area contributed by atoms with Crippen molar-refractivity contribution in [1.82, 2.24) is 19.4 Å². The smallest absolute Gasteiger partial charge is 0.408 e. The Balaban J connectivity index is 1.16. The average Bonchev–Trinajstić information content (AvgIpc) is 3.11. The molecule has 38 heavy (non-hydrogen) atoms. The van der Waals surface area contributed by atoms with Crippen LogP contribution in [0.2, 0.25) is 0 Å². The Hall–Kier alpha value is -4.47. The minimum Gasteiger partial charge on any atom is -0.408 e. The number of carbonyl (C=O) groups is 2. The van der Waals surface area contributed by atoms with E-state index in [-0.39, 0.29) is 23.6 Å². The third-order valence-corrected chi connectivity index (χ3v) is 7.59. The first kappa shape index (κ1) is 23.9. The Bertz CT molecular complexity index is 1620. The third kappa shape index (κ3) is 4.21. The molecule has 6 rings (SSSR count). The van der Waals surface area contributed by atoms with E-state index in [0.717, 1.165) is 36.1 Å². The monoisotopic (exact) mass is 512 g/mol. The van der Waals surface area contributed by atoms with Gasteiger partial charge in [-0.15, -0.1) is 0 Å². The van der Waals surface area contributed by atoms with Gasteiger partial charge in [-0.1, -0.05) is 18.2 Å². The van der Waals surface area contributed by atoms with E-state index < -0.39 is 5.76 Å².